The third kappa shape index (κ3) is 5.10. The Kier molecular flexibility index (Phi) is 6.83. The van der Waals surface area contributed by atoms with Crippen LogP contribution in [0.4, 0.5) is 0 Å². The zero-order valence-electron chi connectivity index (χ0n) is 11.3. The number of esters is 1. The SMILES string of the molecule is CCNCc1ccc(SCC(=O)OCC)cc1C. The van der Waals surface area contributed by atoms with E-state index in [1.807, 2.05) is 6.92 Å². The maximum atomic E-state index is 11.3. The molecule has 1 rings (SSSR count). The molecule has 3 nitrogen and oxygen atoms in total. The van der Waals surface area contributed by atoms with E-state index < -0.39 is 0 Å². The van der Waals surface area contributed by atoms with Gasteiger partial charge < -0.3 is 10.1 Å². The molecule has 18 heavy (non-hydrogen) atoms. The van der Waals surface area contributed by atoms with Gasteiger partial charge in [0.05, 0.1) is 12.4 Å². The molecule has 0 aliphatic heterocycles. The fourth-order valence-electron chi connectivity index (χ4n) is 1.56. The number of rotatable bonds is 7. The highest BCUT2D eigenvalue weighted by Crippen LogP contribution is 2.21. The molecule has 0 fully saturated rings. The number of hydrogen-bond acceptors (Lipinski definition) is 4. The van der Waals surface area contributed by atoms with Gasteiger partial charge in [-0.15, -0.1) is 11.8 Å². The van der Waals surface area contributed by atoms with Gasteiger partial charge in [-0.1, -0.05) is 13.0 Å². The molecule has 0 radical (unpaired) electrons. The van der Waals surface area contributed by atoms with Crippen molar-refractivity contribution in [1.29, 1.82) is 0 Å². The summed E-state index contributed by atoms with van der Waals surface area (Å²) in [6, 6.07) is 6.30. The molecular formula is C14H21NO2S. The average molecular weight is 267 g/mol. The number of benzene rings is 1. The van der Waals surface area contributed by atoms with E-state index in [1.165, 1.54) is 22.9 Å². The van der Waals surface area contributed by atoms with E-state index >= 15 is 0 Å². The van der Waals surface area contributed by atoms with E-state index in [9.17, 15) is 4.79 Å². The van der Waals surface area contributed by atoms with E-state index in [-0.39, 0.29) is 5.97 Å². The molecule has 0 bridgehead atoms. The Morgan fingerprint density at radius 3 is 2.78 bits per heavy atom. The topological polar surface area (TPSA) is 38.3 Å². The normalized spacial score (nSPS) is 10.4. The smallest absolute Gasteiger partial charge is 0.316 e. The van der Waals surface area contributed by atoms with Gasteiger partial charge in [-0.2, -0.15) is 0 Å². The Balaban J connectivity index is 2.53. The van der Waals surface area contributed by atoms with Crippen LogP contribution < -0.4 is 5.32 Å². The van der Waals surface area contributed by atoms with Gasteiger partial charge in [0, 0.05) is 11.4 Å². The van der Waals surface area contributed by atoms with Gasteiger partial charge in [0.25, 0.3) is 0 Å². The van der Waals surface area contributed by atoms with Crippen LogP contribution in [0.5, 0.6) is 0 Å². The minimum absolute atomic E-state index is 0.156. The van der Waals surface area contributed by atoms with Gasteiger partial charge >= 0.3 is 5.97 Å². The van der Waals surface area contributed by atoms with Crippen molar-refractivity contribution in [3.05, 3.63) is 29.3 Å². The first-order valence-electron chi connectivity index (χ1n) is 6.26. The van der Waals surface area contributed by atoms with Gasteiger partial charge in [0.15, 0.2) is 0 Å². The number of aryl methyl sites for hydroxylation is 1. The summed E-state index contributed by atoms with van der Waals surface area (Å²) < 4.78 is 4.90. The number of carbonyl (C=O) groups excluding carboxylic acids is 1. The van der Waals surface area contributed by atoms with Crippen LogP contribution >= 0.6 is 11.8 Å². The molecule has 0 aliphatic rings. The lowest BCUT2D eigenvalue weighted by Gasteiger charge is -2.08. The van der Waals surface area contributed by atoms with Crippen LogP contribution in [0.15, 0.2) is 23.1 Å². The molecule has 4 heteroatoms. The van der Waals surface area contributed by atoms with E-state index in [0.717, 1.165) is 18.0 Å². The lowest BCUT2D eigenvalue weighted by Crippen LogP contribution is -2.12. The Morgan fingerprint density at radius 2 is 2.17 bits per heavy atom. The van der Waals surface area contributed by atoms with Crippen LogP contribution in [0.25, 0.3) is 0 Å². The number of thioether (sulfide) groups is 1. The number of nitrogens with one attached hydrogen (secondary N) is 1. The van der Waals surface area contributed by atoms with Gasteiger partial charge in [-0.3, -0.25) is 4.79 Å². The maximum Gasteiger partial charge on any atom is 0.316 e. The molecule has 1 aromatic carbocycles. The van der Waals surface area contributed by atoms with Crippen molar-refractivity contribution in [1.82, 2.24) is 5.32 Å². The molecule has 0 saturated carbocycles. The van der Waals surface area contributed by atoms with E-state index in [0.29, 0.717) is 12.4 Å². The molecule has 0 unspecified atom stereocenters. The number of carbonyl (C=O) groups is 1. The Bertz CT molecular complexity index is 393. The minimum atomic E-state index is -0.156. The first kappa shape index (κ1) is 15.1. The van der Waals surface area contributed by atoms with Gasteiger partial charge in [-0.25, -0.2) is 0 Å². The summed E-state index contributed by atoms with van der Waals surface area (Å²) in [6.07, 6.45) is 0. The van der Waals surface area contributed by atoms with E-state index in [1.54, 1.807) is 0 Å². The van der Waals surface area contributed by atoms with Crippen molar-refractivity contribution in [3.8, 4) is 0 Å². The predicted molar refractivity (Wildman–Crippen MR) is 75.9 cm³/mol. The first-order valence-corrected chi connectivity index (χ1v) is 7.24. The predicted octanol–water partition coefficient (Wildman–Crippen LogP) is 2.76. The summed E-state index contributed by atoms with van der Waals surface area (Å²) in [7, 11) is 0. The van der Waals surface area contributed by atoms with Crippen LogP contribution in [0, 0.1) is 6.92 Å². The standard InChI is InChI=1S/C14H21NO2S/c1-4-15-9-12-6-7-13(8-11(12)3)18-10-14(16)17-5-2/h6-8,15H,4-5,9-10H2,1-3H3. The molecule has 0 saturated heterocycles. The average Bonchev–Trinajstić information content (AvgIpc) is 2.35. The highest BCUT2D eigenvalue weighted by Gasteiger charge is 2.05. The monoisotopic (exact) mass is 267 g/mol. The summed E-state index contributed by atoms with van der Waals surface area (Å²) in [5, 5.41) is 3.31. The fourth-order valence-corrected chi connectivity index (χ4v) is 2.35. The van der Waals surface area contributed by atoms with Crippen molar-refractivity contribution in [2.75, 3.05) is 18.9 Å². The second-order valence-electron chi connectivity index (χ2n) is 3.96. The zero-order chi connectivity index (χ0) is 13.4. The molecular weight excluding hydrogens is 246 g/mol. The third-order valence-corrected chi connectivity index (χ3v) is 3.51. The van der Waals surface area contributed by atoms with Crippen molar-refractivity contribution < 1.29 is 9.53 Å². The van der Waals surface area contributed by atoms with Gasteiger partial charge in [0.1, 0.15) is 0 Å². The Labute approximate surface area is 113 Å². The van der Waals surface area contributed by atoms with Crippen molar-refractivity contribution in [3.63, 3.8) is 0 Å². The largest absolute Gasteiger partial charge is 0.465 e. The molecule has 0 amide bonds. The summed E-state index contributed by atoms with van der Waals surface area (Å²) in [4.78, 5) is 12.4. The van der Waals surface area contributed by atoms with E-state index in [2.05, 4.69) is 37.4 Å². The quantitative estimate of drug-likeness (QED) is 0.609. The van der Waals surface area contributed by atoms with E-state index in [4.69, 9.17) is 4.74 Å². The highest BCUT2D eigenvalue weighted by atomic mass is 32.2. The van der Waals surface area contributed by atoms with Crippen molar-refractivity contribution >= 4 is 17.7 Å². The Morgan fingerprint density at radius 1 is 1.39 bits per heavy atom. The molecule has 1 aromatic rings. The summed E-state index contributed by atoms with van der Waals surface area (Å²) >= 11 is 1.52. The lowest BCUT2D eigenvalue weighted by molar-refractivity contribution is -0.139. The minimum Gasteiger partial charge on any atom is -0.465 e. The molecule has 0 aromatic heterocycles. The molecule has 0 atom stereocenters. The van der Waals surface area contributed by atoms with Crippen LogP contribution in [0.1, 0.15) is 25.0 Å². The highest BCUT2D eigenvalue weighted by molar-refractivity contribution is 8.00. The molecule has 0 heterocycles. The van der Waals surface area contributed by atoms with Crippen LogP contribution in [-0.2, 0) is 16.1 Å². The van der Waals surface area contributed by atoms with Crippen LogP contribution in [0.3, 0.4) is 0 Å². The third-order valence-electron chi connectivity index (χ3n) is 2.54. The molecule has 0 spiro atoms. The molecule has 100 valence electrons. The number of hydrogen-bond donors (Lipinski definition) is 1. The fraction of sp³-hybridized carbons (Fsp3) is 0.500. The van der Waals surface area contributed by atoms with Crippen molar-refractivity contribution in [2.45, 2.75) is 32.2 Å². The lowest BCUT2D eigenvalue weighted by atomic mass is 10.1. The summed E-state index contributed by atoms with van der Waals surface area (Å²) in [5.41, 5.74) is 2.56. The van der Waals surface area contributed by atoms with Crippen LogP contribution in [-0.4, -0.2) is 24.9 Å². The second kappa shape index (κ2) is 8.16. The maximum absolute atomic E-state index is 11.3. The van der Waals surface area contributed by atoms with Gasteiger partial charge in [-0.05, 0) is 43.7 Å². The zero-order valence-corrected chi connectivity index (χ0v) is 12.1. The van der Waals surface area contributed by atoms with Crippen LogP contribution in [0.2, 0.25) is 0 Å². The number of ether oxygens (including phenoxy) is 1. The van der Waals surface area contributed by atoms with Crippen molar-refractivity contribution in [2.24, 2.45) is 0 Å². The summed E-state index contributed by atoms with van der Waals surface area (Å²) in [5.74, 6) is 0.219. The Hall–Kier alpha value is -1.00. The molecule has 0 aliphatic carbocycles. The first-order chi connectivity index (χ1) is 8.67. The molecule has 1 N–H and O–H groups in total. The second-order valence-corrected chi connectivity index (χ2v) is 5.01. The summed E-state index contributed by atoms with van der Waals surface area (Å²) in [6.45, 7) is 8.33. The van der Waals surface area contributed by atoms with Gasteiger partial charge in [0.2, 0.25) is 0 Å².